The van der Waals surface area contributed by atoms with E-state index in [2.05, 4.69) is 5.32 Å². The average Bonchev–Trinajstić information content (AvgIpc) is 2.59. The largest absolute Gasteiger partial charge is 0.462 e. The molecular weight excluding hydrogens is 335 g/mol. The second kappa shape index (κ2) is 7.83. The Morgan fingerprint density at radius 1 is 0.960 bits per heavy atom. The number of hydrogen-bond acceptors (Lipinski definition) is 3. The molecule has 1 N–H and O–H groups in total. The fourth-order valence-corrected chi connectivity index (χ4v) is 1.98. The highest BCUT2D eigenvalue weighted by Gasteiger charge is 2.30. The fourth-order valence-electron chi connectivity index (χ4n) is 1.98. The molecule has 0 unspecified atom stereocenters. The van der Waals surface area contributed by atoms with Crippen LogP contribution in [-0.2, 0) is 10.9 Å². The van der Waals surface area contributed by atoms with Gasteiger partial charge in [0.25, 0.3) is 5.91 Å². The van der Waals surface area contributed by atoms with Gasteiger partial charge in [-0.15, -0.1) is 0 Å². The Balaban J connectivity index is 2.02. The van der Waals surface area contributed by atoms with Crippen molar-refractivity contribution >= 4 is 17.6 Å². The van der Waals surface area contributed by atoms with Gasteiger partial charge in [0.15, 0.2) is 0 Å². The number of anilines is 1. The lowest BCUT2D eigenvalue weighted by atomic mass is 10.1. The molecule has 0 fully saturated rings. The zero-order valence-electron chi connectivity index (χ0n) is 13.4. The topological polar surface area (TPSA) is 55.4 Å². The smallest absolute Gasteiger partial charge is 0.416 e. The van der Waals surface area contributed by atoms with Gasteiger partial charge in [-0.3, -0.25) is 4.79 Å². The van der Waals surface area contributed by atoms with E-state index < -0.39 is 23.6 Å². The first-order valence-electron chi connectivity index (χ1n) is 7.57. The summed E-state index contributed by atoms with van der Waals surface area (Å²) in [4.78, 5) is 23.7. The van der Waals surface area contributed by atoms with Crippen LogP contribution in [0, 0.1) is 0 Å². The summed E-state index contributed by atoms with van der Waals surface area (Å²) < 4.78 is 42.5. The lowest BCUT2D eigenvalue weighted by Gasteiger charge is -2.09. The van der Waals surface area contributed by atoms with E-state index in [-0.39, 0.29) is 5.56 Å². The van der Waals surface area contributed by atoms with E-state index >= 15 is 0 Å². The number of rotatable bonds is 5. The molecule has 132 valence electrons. The molecule has 7 heteroatoms. The number of amides is 1. The minimum Gasteiger partial charge on any atom is -0.462 e. The normalized spacial score (nSPS) is 11.0. The van der Waals surface area contributed by atoms with Crippen LogP contribution in [0.25, 0.3) is 0 Å². The molecular formula is C18H16F3NO3. The predicted molar refractivity (Wildman–Crippen MR) is 86.4 cm³/mol. The van der Waals surface area contributed by atoms with Crippen molar-refractivity contribution < 1.29 is 27.5 Å². The first-order chi connectivity index (χ1) is 11.8. The van der Waals surface area contributed by atoms with Crippen LogP contribution >= 0.6 is 0 Å². The predicted octanol–water partition coefficient (Wildman–Crippen LogP) is 4.52. The molecule has 0 aliphatic heterocycles. The first kappa shape index (κ1) is 18.5. The van der Waals surface area contributed by atoms with Crippen molar-refractivity contribution in [2.75, 3.05) is 11.9 Å². The summed E-state index contributed by atoms with van der Waals surface area (Å²) in [5, 5.41) is 2.55. The van der Waals surface area contributed by atoms with E-state index in [1.165, 1.54) is 24.3 Å². The van der Waals surface area contributed by atoms with E-state index in [0.717, 1.165) is 24.3 Å². The molecule has 25 heavy (non-hydrogen) atoms. The lowest BCUT2D eigenvalue weighted by molar-refractivity contribution is -0.137. The van der Waals surface area contributed by atoms with Crippen molar-refractivity contribution in [3.05, 3.63) is 65.2 Å². The molecule has 2 aromatic carbocycles. The maximum Gasteiger partial charge on any atom is 0.416 e. The van der Waals surface area contributed by atoms with Crippen molar-refractivity contribution in [3.63, 3.8) is 0 Å². The molecule has 2 rings (SSSR count). The summed E-state index contributed by atoms with van der Waals surface area (Å²) in [5.74, 6) is -1.00. The van der Waals surface area contributed by atoms with Crippen molar-refractivity contribution in [3.8, 4) is 0 Å². The van der Waals surface area contributed by atoms with Gasteiger partial charge in [-0.25, -0.2) is 4.79 Å². The van der Waals surface area contributed by atoms with Crippen LogP contribution in [0.5, 0.6) is 0 Å². The Labute approximate surface area is 142 Å². The summed E-state index contributed by atoms with van der Waals surface area (Å²) in [5.41, 5.74) is 0.0383. The van der Waals surface area contributed by atoms with Crippen LogP contribution in [0.2, 0.25) is 0 Å². The Hall–Kier alpha value is -2.83. The molecule has 2 aromatic rings. The number of nitrogens with one attached hydrogen (secondary N) is 1. The van der Waals surface area contributed by atoms with Crippen molar-refractivity contribution in [2.45, 2.75) is 19.5 Å². The zero-order chi connectivity index (χ0) is 18.4. The summed E-state index contributed by atoms with van der Waals surface area (Å²) >= 11 is 0. The van der Waals surface area contributed by atoms with Gasteiger partial charge in [0.05, 0.1) is 17.7 Å². The summed E-state index contributed by atoms with van der Waals surface area (Å²) in [6.45, 7) is 2.21. The second-order valence-electron chi connectivity index (χ2n) is 5.24. The number of ether oxygens (including phenoxy) is 1. The molecule has 1 amide bonds. The molecule has 0 aliphatic carbocycles. The number of carbonyl (C=O) groups excluding carboxylic acids is 2. The molecule has 0 spiro atoms. The summed E-state index contributed by atoms with van der Waals surface area (Å²) in [7, 11) is 0. The van der Waals surface area contributed by atoms with Gasteiger partial charge in [-0.1, -0.05) is 6.92 Å². The van der Waals surface area contributed by atoms with Crippen LogP contribution in [0.1, 0.15) is 39.6 Å². The standard InChI is InChI=1S/C18H16F3NO3/c1-2-11-25-17(24)13-5-9-15(10-6-13)22-16(23)12-3-7-14(8-4-12)18(19,20)21/h3-10H,2,11H2,1H3,(H,22,23). The number of halogens is 3. The highest BCUT2D eigenvalue weighted by molar-refractivity contribution is 6.04. The Morgan fingerprint density at radius 2 is 1.52 bits per heavy atom. The molecule has 0 heterocycles. The van der Waals surface area contributed by atoms with E-state index in [1.54, 1.807) is 0 Å². The van der Waals surface area contributed by atoms with Gasteiger partial charge in [-0.05, 0) is 55.0 Å². The van der Waals surface area contributed by atoms with Crippen LogP contribution in [0.15, 0.2) is 48.5 Å². The Kier molecular flexibility index (Phi) is 5.80. The van der Waals surface area contributed by atoms with Gasteiger partial charge < -0.3 is 10.1 Å². The maximum absolute atomic E-state index is 12.5. The van der Waals surface area contributed by atoms with Gasteiger partial charge in [-0.2, -0.15) is 13.2 Å². The fraction of sp³-hybridized carbons (Fsp3) is 0.222. The number of esters is 1. The highest BCUT2D eigenvalue weighted by Crippen LogP contribution is 2.29. The highest BCUT2D eigenvalue weighted by atomic mass is 19.4. The number of alkyl halides is 3. The van der Waals surface area contributed by atoms with Crippen LogP contribution in [-0.4, -0.2) is 18.5 Å². The van der Waals surface area contributed by atoms with E-state index in [4.69, 9.17) is 4.74 Å². The summed E-state index contributed by atoms with van der Waals surface area (Å²) in [6, 6.07) is 9.95. The molecule has 0 bridgehead atoms. The molecule has 4 nitrogen and oxygen atoms in total. The monoisotopic (exact) mass is 351 g/mol. The van der Waals surface area contributed by atoms with Crippen molar-refractivity contribution in [1.82, 2.24) is 0 Å². The molecule has 0 aromatic heterocycles. The average molecular weight is 351 g/mol. The van der Waals surface area contributed by atoms with Crippen molar-refractivity contribution in [1.29, 1.82) is 0 Å². The van der Waals surface area contributed by atoms with Gasteiger partial charge in [0.2, 0.25) is 0 Å². The minimum absolute atomic E-state index is 0.0967. The Morgan fingerprint density at radius 3 is 2.04 bits per heavy atom. The molecule has 0 aliphatic rings. The SMILES string of the molecule is CCCOC(=O)c1ccc(NC(=O)c2ccc(C(F)(F)F)cc2)cc1. The quantitative estimate of drug-likeness (QED) is 0.806. The van der Waals surface area contributed by atoms with Crippen molar-refractivity contribution in [2.24, 2.45) is 0 Å². The third-order valence-electron chi connectivity index (χ3n) is 3.29. The Bertz CT molecular complexity index is 738. The molecule has 0 saturated heterocycles. The van der Waals surface area contributed by atoms with Crippen LogP contribution in [0.4, 0.5) is 18.9 Å². The number of benzene rings is 2. The molecule has 0 saturated carbocycles. The molecule has 0 atom stereocenters. The van der Waals surface area contributed by atoms with E-state index in [0.29, 0.717) is 24.3 Å². The first-order valence-corrected chi connectivity index (χ1v) is 7.57. The van der Waals surface area contributed by atoms with Crippen LogP contribution in [0.3, 0.4) is 0 Å². The van der Waals surface area contributed by atoms with Crippen LogP contribution < -0.4 is 5.32 Å². The second-order valence-corrected chi connectivity index (χ2v) is 5.24. The molecule has 0 radical (unpaired) electrons. The zero-order valence-corrected chi connectivity index (χ0v) is 13.4. The third kappa shape index (κ3) is 5.07. The van der Waals surface area contributed by atoms with E-state index in [1.807, 2.05) is 6.92 Å². The van der Waals surface area contributed by atoms with Gasteiger partial charge in [0, 0.05) is 11.3 Å². The maximum atomic E-state index is 12.5. The van der Waals surface area contributed by atoms with E-state index in [9.17, 15) is 22.8 Å². The van der Waals surface area contributed by atoms with Gasteiger partial charge in [0.1, 0.15) is 0 Å². The minimum atomic E-state index is -4.45. The number of carbonyl (C=O) groups is 2. The third-order valence-corrected chi connectivity index (χ3v) is 3.29. The number of hydrogen-bond donors (Lipinski definition) is 1. The lowest BCUT2D eigenvalue weighted by Crippen LogP contribution is -2.13. The van der Waals surface area contributed by atoms with Gasteiger partial charge >= 0.3 is 12.1 Å². The summed E-state index contributed by atoms with van der Waals surface area (Å²) in [6.07, 6.45) is -3.73.